The van der Waals surface area contributed by atoms with E-state index in [0.717, 1.165) is 5.69 Å². The number of anilines is 1. The second-order valence-electron chi connectivity index (χ2n) is 5.25. The van der Waals surface area contributed by atoms with Crippen LogP contribution in [0.3, 0.4) is 0 Å². The van der Waals surface area contributed by atoms with Gasteiger partial charge in [0.05, 0.1) is 5.56 Å². The van der Waals surface area contributed by atoms with Crippen molar-refractivity contribution >= 4 is 34.8 Å². The molecule has 3 rings (SSSR count). The molecular weight excluding hydrogens is 340 g/mol. The molecule has 7 heteroatoms. The lowest BCUT2D eigenvalue weighted by atomic mass is 10.2. The molecule has 0 spiro atoms. The summed E-state index contributed by atoms with van der Waals surface area (Å²) in [6.45, 7) is 2.25. The van der Waals surface area contributed by atoms with Crippen LogP contribution >= 0.6 is 23.2 Å². The highest BCUT2D eigenvalue weighted by Crippen LogP contribution is 2.26. The van der Waals surface area contributed by atoms with Crippen molar-refractivity contribution < 1.29 is 9.18 Å². The van der Waals surface area contributed by atoms with Gasteiger partial charge in [0.15, 0.2) is 0 Å². The number of pyridine rings is 1. The summed E-state index contributed by atoms with van der Waals surface area (Å²) in [5.74, 6) is -1.07. The molecule has 0 bridgehead atoms. The summed E-state index contributed by atoms with van der Waals surface area (Å²) in [4.78, 5) is 19.6. The zero-order chi connectivity index (χ0) is 16.4. The molecule has 0 radical (unpaired) electrons. The van der Waals surface area contributed by atoms with Gasteiger partial charge in [-0.3, -0.25) is 4.79 Å². The second-order valence-corrected chi connectivity index (χ2v) is 6.12. The van der Waals surface area contributed by atoms with E-state index in [1.54, 1.807) is 17.0 Å². The highest BCUT2D eigenvalue weighted by atomic mass is 35.5. The van der Waals surface area contributed by atoms with Gasteiger partial charge >= 0.3 is 0 Å². The molecule has 0 N–H and O–H groups in total. The fourth-order valence-electron chi connectivity index (χ4n) is 2.61. The van der Waals surface area contributed by atoms with E-state index < -0.39 is 5.95 Å². The fourth-order valence-corrected chi connectivity index (χ4v) is 3.12. The Morgan fingerprint density at radius 1 is 1.09 bits per heavy atom. The smallest absolute Gasteiger partial charge is 0.258 e. The predicted molar refractivity (Wildman–Crippen MR) is 88.8 cm³/mol. The molecule has 23 heavy (non-hydrogen) atoms. The van der Waals surface area contributed by atoms with E-state index in [2.05, 4.69) is 9.88 Å². The van der Waals surface area contributed by atoms with Crippen LogP contribution in [0.1, 0.15) is 10.4 Å². The summed E-state index contributed by atoms with van der Waals surface area (Å²) in [7, 11) is 0. The van der Waals surface area contributed by atoms with Gasteiger partial charge in [-0.25, -0.2) is 4.98 Å². The lowest BCUT2D eigenvalue weighted by Crippen LogP contribution is -2.49. The second kappa shape index (κ2) is 6.72. The van der Waals surface area contributed by atoms with E-state index in [4.69, 9.17) is 23.2 Å². The first-order valence-electron chi connectivity index (χ1n) is 7.15. The van der Waals surface area contributed by atoms with Gasteiger partial charge in [-0.05, 0) is 30.3 Å². The Balaban J connectivity index is 1.69. The lowest BCUT2D eigenvalue weighted by molar-refractivity contribution is 0.0741. The van der Waals surface area contributed by atoms with Crippen LogP contribution in [-0.2, 0) is 0 Å². The van der Waals surface area contributed by atoms with Crippen molar-refractivity contribution in [2.75, 3.05) is 31.1 Å². The molecule has 1 amide bonds. The average Bonchev–Trinajstić information content (AvgIpc) is 2.54. The van der Waals surface area contributed by atoms with E-state index in [1.807, 2.05) is 12.1 Å². The number of piperazine rings is 1. The highest BCUT2D eigenvalue weighted by molar-refractivity contribution is 6.35. The number of hydrogen-bond acceptors (Lipinski definition) is 3. The van der Waals surface area contributed by atoms with Gasteiger partial charge in [-0.2, -0.15) is 4.39 Å². The molecule has 1 aliphatic rings. The van der Waals surface area contributed by atoms with Crippen LogP contribution in [-0.4, -0.2) is 42.0 Å². The van der Waals surface area contributed by atoms with Crippen LogP contribution in [0.15, 0.2) is 36.5 Å². The molecule has 0 aliphatic carbocycles. The number of carbonyl (C=O) groups excluding carboxylic acids is 1. The number of benzene rings is 1. The third-order valence-electron chi connectivity index (χ3n) is 3.77. The van der Waals surface area contributed by atoms with Crippen LogP contribution in [0.4, 0.5) is 10.1 Å². The van der Waals surface area contributed by atoms with E-state index in [1.165, 1.54) is 12.3 Å². The monoisotopic (exact) mass is 353 g/mol. The maximum Gasteiger partial charge on any atom is 0.258 e. The molecule has 4 nitrogen and oxygen atoms in total. The maximum absolute atomic E-state index is 13.6. The first kappa shape index (κ1) is 16.0. The van der Waals surface area contributed by atoms with Crippen molar-refractivity contribution in [2.24, 2.45) is 0 Å². The van der Waals surface area contributed by atoms with Gasteiger partial charge < -0.3 is 9.80 Å². The Bertz CT molecular complexity index is 713. The molecule has 2 aromatic rings. The van der Waals surface area contributed by atoms with Crippen LogP contribution in [0, 0.1) is 5.95 Å². The van der Waals surface area contributed by atoms with Crippen molar-refractivity contribution in [2.45, 2.75) is 0 Å². The van der Waals surface area contributed by atoms with Crippen molar-refractivity contribution in [3.63, 3.8) is 0 Å². The summed E-state index contributed by atoms with van der Waals surface area (Å²) >= 11 is 12.0. The zero-order valence-electron chi connectivity index (χ0n) is 12.2. The minimum absolute atomic E-state index is 0.00625. The fraction of sp³-hybridized carbons (Fsp3) is 0.250. The van der Waals surface area contributed by atoms with Gasteiger partial charge in [0.2, 0.25) is 5.95 Å². The summed E-state index contributed by atoms with van der Waals surface area (Å²) in [6.07, 6.45) is 1.33. The van der Waals surface area contributed by atoms with Gasteiger partial charge in [-0.15, -0.1) is 0 Å². The summed E-state index contributed by atoms with van der Waals surface area (Å²) < 4.78 is 13.6. The van der Waals surface area contributed by atoms with E-state index in [9.17, 15) is 9.18 Å². The molecule has 0 atom stereocenters. The number of halogens is 3. The Labute approximate surface area is 143 Å². The summed E-state index contributed by atoms with van der Waals surface area (Å²) in [5.41, 5.74) is 0.925. The molecule has 1 saturated heterocycles. The third kappa shape index (κ3) is 3.57. The van der Waals surface area contributed by atoms with Crippen LogP contribution in [0.5, 0.6) is 0 Å². The van der Waals surface area contributed by atoms with Crippen LogP contribution in [0.25, 0.3) is 0 Å². The topological polar surface area (TPSA) is 36.4 Å². The SMILES string of the molecule is O=C(c1cccnc1F)N1CCN(c2cc(Cl)cc(Cl)c2)CC1. The van der Waals surface area contributed by atoms with E-state index >= 15 is 0 Å². The molecule has 1 aromatic carbocycles. The molecule has 1 aromatic heterocycles. The highest BCUT2D eigenvalue weighted by Gasteiger charge is 2.24. The Kier molecular flexibility index (Phi) is 4.68. The first-order valence-corrected chi connectivity index (χ1v) is 7.91. The van der Waals surface area contributed by atoms with Crippen molar-refractivity contribution in [3.8, 4) is 0 Å². The molecule has 1 aliphatic heterocycles. The minimum Gasteiger partial charge on any atom is -0.368 e. The number of nitrogens with zero attached hydrogens (tertiary/aromatic N) is 3. The number of amides is 1. The summed E-state index contributed by atoms with van der Waals surface area (Å²) in [6, 6.07) is 8.36. The molecular formula is C16H14Cl2FN3O. The quantitative estimate of drug-likeness (QED) is 0.775. The predicted octanol–water partition coefficient (Wildman–Crippen LogP) is 3.49. The lowest BCUT2D eigenvalue weighted by Gasteiger charge is -2.36. The van der Waals surface area contributed by atoms with Crippen LogP contribution in [0.2, 0.25) is 10.0 Å². The Morgan fingerprint density at radius 2 is 1.74 bits per heavy atom. The number of hydrogen-bond donors (Lipinski definition) is 0. The normalized spacial score (nSPS) is 14.9. The largest absolute Gasteiger partial charge is 0.368 e. The standard InChI is InChI=1S/C16H14Cl2FN3O/c17-11-8-12(18)10-13(9-11)21-4-6-22(7-5-21)16(23)14-2-1-3-20-15(14)19/h1-3,8-10H,4-7H2. The van der Waals surface area contributed by atoms with Gasteiger partial charge in [-0.1, -0.05) is 23.2 Å². The van der Waals surface area contributed by atoms with Gasteiger partial charge in [0, 0.05) is 48.1 Å². The van der Waals surface area contributed by atoms with Crippen LogP contribution < -0.4 is 4.90 Å². The van der Waals surface area contributed by atoms with Gasteiger partial charge in [0.25, 0.3) is 5.91 Å². The number of carbonyl (C=O) groups is 1. The van der Waals surface area contributed by atoms with Crippen molar-refractivity contribution in [1.82, 2.24) is 9.88 Å². The molecule has 1 fully saturated rings. The van der Waals surface area contributed by atoms with E-state index in [-0.39, 0.29) is 11.5 Å². The van der Waals surface area contributed by atoms with E-state index in [0.29, 0.717) is 36.2 Å². The Hall–Kier alpha value is -1.85. The maximum atomic E-state index is 13.6. The average molecular weight is 354 g/mol. The van der Waals surface area contributed by atoms with Crippen molar-refractivity contribution in [1.29, 1.82) is 0 Å². The zero-order valence-corrected chi connectivity index (χ0v) is 13.7. The Morgan fingerprint density at radius 3 is 2.35 bits per heavy atom. The molecule has 2 heterocycles. The summed E-state index contributed by atoms with van der Waals surface area (Å²) in [5, 5.41) is 1.15. The molecule has 0 saturated carbocycles. The van der Waals surface area contributed by atoms with Crippen molar-refractivity contribution in [3.05, 3.63) is 58.1 Å². The van der Waals surface area contributed by atoms with Gasteiger partial charge in [0.1, 0.15) is 0 Å². The first-order chi connectivity index (χ1) is 11.0. The molecule has 120 valence electrons. The minimum atomic E-state index is -0.735. The number of rotatable bonds is 2. The third-order valence-corrected chi connectivity index (χ3v) is 4.21. The number of aromatic nitrogens is 1. The molecule has 0 unspecified atom stereocenters.